The van der Waals surface area contributed by atoms with Gasteiger partial charge in [-0.05, 0) is 41.1 Å². The molecule has 5 heteroatoms. The third kappa shape index (κ3) is 3.54. The number of hydrogen-bond acceptors (Lipinski definition) is 4. The smallest absolute Gasteiger partial charge is 0.220 e. The van der Waals surface area contributed by atoms with Gasteiger partial charge in [0.25, 0.3) is 0 Å². The first-order chi connectivity index (χ1) is 8.66. The molecular formula is C13H20N2O2S. The average molecular weight is 268 g/mol. The summed E-state index contributed by atoms with van der Waals surface area (Å²) in [6, 6.07) is 2.03. The van der Waals surface area contributed by atoms with Crippen LogP contribution in [0.2, 0.25) is 0 Å². The van der Waals surface area contributed by atoms with Crippen molar-refractivity contribution in [2.24, 2.45) is 11.7 Å². The molecule has 3 atom stereocenters. The topological polar surface area (TPSA) is 75.4 Å². The maximum absolute atomic E-state index is 11.7. The highest BCUT2D eigenvalue weighted by Crippen LogP contribution is 2.26. The van der Waals surface area contributed by atoms with Crippen LogP contribution in [0.15, 0.2) is 16.8 Å². The molecule has 1 aromatic rings. The first-order valence-corrected chi connectivity index (χ1v) is 7.33. The third-order valence-corrected chi connectivity index (χ3v) is 4.29. The van der Waals surface area contributed by atoms with Gasteiger partial charge in [-0.1, -0.05) is 6.42 Å². The van der Waals surface area contributed by atoms with Gasteiger partial charge in [-0.2, -0.15) is 11.3 Å². The summed E-state index contributed by atoms with van der Waals surface area (Å²) in [5.41, 5.74) is 6.79. The van der Waals surface area contributed by atoms with E-state index in [1.807, 2.05) is 16.8 Å². The van der Waals surface area contributed by atoms with Crippen LogP contribution in [-0.4, -0.2) is 23.6 Å². The summed E-state index contributed by atoms with van der Waals surface area (Å²) < 4.78 is 0. The molecule has 1 aliphatic rings. The molecule has 0 aromatic carbocycles. The van der Waals surface area contributed by atoms with Crippen LogP contribution in [-0.2, 0) is 4.79 Å². The summed E-state index contributed by atoms with van der Waals surface area (Å²) in [7, 11) is 0. The molecule has 1 fully saturated rings. The number of aliphatic hydroxyl groups is 1. The molecule has 1 unspecified atom stereocenters. The first-order valence-electron chi connectivity index (χ1n) is 6.39. The van der Waals surface area contributed by atoms with Crippen molar-refractivity contribution in [2.45, 2.75) is 37.8 Å². The van der Waals surface area contributed by atoms with E-state index in [1.54, 1.807) is 0 Å². The van der Waals surface area contributed by atoms with Crippen molar-refractivity contribution in [3.63, 3.8) is 0 Å². The lowest BCUT2D eigenvalue weighted by Crippen LogP contribution is -2.33. The molecule has 2 rings (SSSR count). The number of nitrogens with one attached hydrogen (secondary N) is 1. The molecule has 4 N–H and O–H groups in total. The Bertz CT molecular complexity index is 380. The van der Waals surface area contributed by atoms with Gasteiger partial charge in [-0.3, -0.25) is 4.79 Å². The van der Waals surface area contributed by atoms with Gasteiger partial charge in [0.1, 0.15) is 0 Å². The SMILES string of the molecule is N[C@@H]1CCC[C@H]1CC(=O)NCC(O)c1ccsc1. The fourth-order valence-electron chi connectivity index (χ4n) is 2.42. The lowest BCUT2D eigenvalue weighted by molar-refractivity contribution is -0.122. The molecule has 100 valence electrons. The van der Waals surface area contributed by atoms with Crippen molar-refractivity contribution in [2.75, 3.05) is 6.54 Å². The van der Waals surface area contributed by atoms with Gasteiger partial charge in [-0.25, -0.2) is 0 Å². The number of carbonyl (C=O) groups excluding carboxylic acids is 1. The van der Waals surface area contributed by atoms with Crippen molar-refractivity contribution >= 4 is 17.2 Å². The highest BCUT2D eigenvalue weighted by Gasteiger charge is 2.26. The van der Waals surface area contributed by atoms with Crippen molar-refractivity contribution < 1.29 is 9.90 Å². The van der Waals surface area contributed by atoms with E-state index < -0.39 is 6.10 Å². The predicted molar refractivity (Wildman–Crippen MR) is 72.2 cm³/mol. The van der Waals surface area contributed by atoms with Crippen LogP contribution in [0.3, 0.4) is 0 Å². The Kier molecular flexibility index (Phi) is 4.74. The van der Waals surface area contributed by atoms with E-state index in [2.05, 4.69) is 5.32 Å². The van der Waals surface area contributed by atoms with E-state index in [1.165, 1.54) is 11.3 Å². The molecule has 0 spiro atoms. The van der Waals surface area contributed by atoms with Crippen LogP contribution >= 0.6 is 11.3 Å². The predicted octanol–water partition coefficient (Wildman–Crippen LogP) is 1.42. The molecule has 1 aromatic heterocycles. The number of amides is 1. The van der Waals surface area contributed by atoms with Crippen LogP contribution in [0.25, 0.3) is 0 Å². The minimum absolute atomic E-state index is 0.00775. The zero-order valence-corrected chi connectivity index (χ0v) is 11.2. The Balaban J connectivity index is 1.71. The summed E-state index contributed by atoms with van der Waals surface area (Å²) >= 11 is 1.54. The Labute approximate surface area is 111 Å². The number of hydrogen-bond donors (Lipinski definition) is 3. The fraction of sp³-hybridized carbons (Fsp3) is 0.615. The highest BCUT2D eigenvalue weighted by atomic mass is 32.1. The maximum Gasteiger partial charge on any atom is 0.220 e. The van der Waals surface area contributed by atoms with Gasteiger partial charge >= 0.3 is 0 Å². The van der Waals surface area contributed by atoms with Crippen LogP contribution in [0, 0.1) is 5.92 Å². The Morgan fingerprint density at radius 3 is 3.06 bits per heavy atom. The number of nitrogens with two attached hydrogens (primary N) is 1. The molecule has 1 amide bonds. The zero-order valence-electron chi connectivity index (χ0n) is 10.3. The Morgan fingerprint density at radius 1 is 1.61 bits per heavy atom. The van der Waals surface area contributed by atoms with E-state index in [4.69, 9.17) is 5.73 Å². The molecule has 0 radical (unpaired) electrons. The molecule has 18 heavy (non-hydrogen) atoms. The number of aliphatic hydroxyl groups excluding tert-OH is 1. The van der Waals surface area contributed by atoms with Crippen molar-refractivity contribution in [3.8, 4) is 0 Å². The van der Waals surface area contributed by atoms with Crippen molar-refractivity contribution in [1.29, 1.82) is 0 Å². The van der Waals surface area contributed by atoms with E-state index in [9.17, 15) is 9.90 Å². The summed E-state index contributed by atoms with van der Waals surface area (Å²) in [5.74, 6) is 0.301. The third-order valence-electron chi connectivity index (χ3n) is 3.59. The van der Waals surface area contributed by atoms with E-state index in [-0.39, 0.29) is 18.5 Å². The minimum atomic E-state index is -0.613. The molecule has 4 nitrogen and oxygen atoms in total. The van der Waals surface area contributed by atoms with Gasteiger partial charge in [0.15, 0.2) is 0 Å². The lowest BCUT2D eigenvalue weighted by Gasteiger charge is -2.16. The van der Waals surface area contributed by atoms with Gasteiger partial charge in [0.2, 0.25) is 5.91 Å². The van der Waals surface area contributed by atoms with Crippen LogP contribution in [0.1, 0.15) is 37.4 Å². The Morgan fingerprint density at radius 2 is 2.44 bits per heavy atom. The molecule has 1 heterocycles. The maximum atomic E-state index is 11.7. The molecule has 1 saturated carbocycles. The quantitative estimate of drug-likeness (QED) is 0.756. The van der Waals surface area contributed by atoms with Crippen molar-refractivity contribution in [3.05, 3.63) is 22.4 Å². The Hall–Kier alpha value is -0.910. The summed E-state index contributed by atoms with van der Waals surface area (Å²) in [6.07, 6.45) is 3.06. The van der Waals surface area contributed by atoms with Gasteiger partial charge < -0.3 is 16.2 Å². The highest BCUT2D eigenvalue weighted by molar-refractivity contribution is 7.07. The second-order valence-electron chi connectivity index (χ2n) is 4.94. The summed E-state index contributed by atoms with van der Waals surface area (Å²) in [6.45, 7) is 0.275. The lowest BCUT2D eigenvalue weighted by atomic mass is 10.00. The zero-order chi connectivity index (χ0) is 13.0. The normalized spacial score (nSPS) is 25.0. The van der Waals surface area contributed by atoms with Crippen molar-refractivity contribution in [1.82, 2.24) is 5.32 Å². The second kappa shape index (κ2) is 6.31. The minimum Gasteiger partial charge on any atom is -0.387 e. The van der Waals surface area contributed by atoms with Crippen LogP contribution < -0.4 is 11.1 Å². The second-order valence-corrected chi connectivity index (χ2v) is 5.72. The number of rotatable bonds is 5. The molecule has 1 aliphatic carbocycles. The summed E-state index contributed by atoms with van der Waals surface area (Å²) in [5, 5.41) is 16.4. The number of carbonyl (C=O) groups is 1. The van der Waals surface area contributed by atoms with E-state index in [0.717, 1.165) is 24.8 Å². The fourth-order valence-corrected chi connectivity index (χ4v) is 3.13. The largest absolute Gasteiger partial charge is 0.387 e. The molecular weight excluding hydrogens is 248 g/mol. The summed E-state index contributed by atoms with van der Waals surface area (Å²) in [4.78, 5) is 11.7. The first kappa shape index (κ1) is 13.5. The monoisotopic (exact) mass is 268 g/mol. The molecule has 0 aliphatic heterocycles. The van der Waals surface area contributed by atoms with Gasteiger partial charge in [0, 0.05) is 19.0 Å². The van der Waals surface area contributed by atoms with Gasteiger partial charge in [0.05, 0.1) is 6.10 Å². The van der Waals surface area contributed by atoms with Gasteiger partial charge in [-0.15, -0.1) is 0 Å². The molecule has 0 bridgehead atoms. The average Bonchev–Trinajstić information content (AvgIpc) is 2.99. The van der Waals surface area contributed by atoms with E-state index >= 15 is 0 Å². The standard InChI is InChI=1S/C13H20N2O2S/c14-11-3-1-2-9(11)6-13(17)15-7-12(16)10-4-5-18-8-10/h4-5,8-9,11-12,16H,1-3,6-7,14H2,(H,15,17)/t9-,11+,12?/m0/s1. The van der Waals surface area contributed by atoms with Crippen LogP contribution in [0.4, 0.5) is 0 Å². The van der Waals surface area contributed by atoms with Crippen LogP contribution in [0.5, 0.6) is 0 Å². The number of thiophene rings is 1. The van der Waals surface area contributed by atoms with E-state index in [0.29, 0.717) is 12.3 Å². The molecule has 0 saturated heterocycles.